The number of rotatable bonds is 5. The summed E-state index contributed by atoms with van der Waals surface area (Å²) in [6.07, 6.45) is 3.42. The van der Waals surface area contributed by atoms with Crippen LogP contribution < -0.4 is 5.32 Å². The van der Waals surface area contributed by atoms with Gasteiger partial charge in [0.2, 0.25) is 0 Å². The molecule has 0 aliphatic carbocycles. The Bertz CT molecular complexity index is 392. The van der Waals surface area contributed by atoms with E-state index in [0.717, 1.165) is 26.1 Å². The summed E-state index contributed by atoms with van der Waals surface area (Å²) in [5, 5.41) is 3.54. The lowest BCUT2D eigenvalue weighted by Gasteiger charge is -2.28. The topological polar surface area (TPSA) is 21.3 Å². The zero-order chi connectivity index (χ0) is 13.0. The Kier molecular flexibility index (Phi) is 4.71. The third kappa shape index (κ3) is 3.50. The fourth-order valence-corrected chi connectivity index (χ4v) is 2.47. The Hall–Kier alpha value is -0.510. The van der Waals surface area contributed by atoms with Crippen LogP contribution in [0.1, 0.15) is 31.1 Å². The molecule has 0 saturated carbocycles. The molecule has 1 aromatic carbocycles. The molecule has 0 spiro atoms. The Morgan fingerprint density at radius 2 is 2.17 bits per heavy atom. The highest BCUT2D eigenvalue weighted by Crippen LogP contribution is 2.26. The van der Waals surface area contributed by atoms with Gasteiger partial charge in [0.05, 0.1) is 12.7 Å². The number of fused-ring (bicyclic) bond motifs is 1. The molecular formula is C15H23NOS. The van der Waals surface area contributed by atoms with Gasteiger partial charge in [-0.2, -0.15) is 11.8 Å². The molecule has 2 rings (SSSR count). The summed E-state index contributed by atoms with van der Waals surface area (Å²) in [4.78, 5) is 0. The van der Waals surface area contributed by atoms with Crippen LogP contribution in [-0.2, 0) is 11.2 Å². The number of nitrogens with one attached hydrogen (secondary N) is 1. The van der Waals surface area contributed by atoms with Gasteiger partial charge >= 0.3 is 0 Å². The summed E-state index contributed by atoms with van der Waals surface area (Å²) in [7, 11) is 0. The highest BCUT2D eigenvalue weighted by atomic mass is 32.2. The lowest BCUT2D eigenvalue weighted by molar-refractivity contribution is 0.0424. The summed E-state index contributed by atoms with van der Waals surface area (Å²) in [6.45, 7) is 7.28. The zero-order valence-corrected chi connectivity index (χ0v) is 12.3. The van der Waals surface area contributed by atoms with Crippen LogP contribution in [0.3, 0.4) is 0 Å². The fourth-order valence-electron chi connectivity index (χ4n) is 2.22. The number of benzene rings is 1. The third-order valence-corrected chi connectivity index (χ3v) is 4.77. The van der Waals surface area contributed by atoms with E-state index in [1.165, 1.54) is 11.1 Å². The second-order valence-electron chi connectivity index (χ2n) is 5.40. The van der Waals surface area contributed by atoms with E-state index in [1.807, 2.05) is 11.8 Å². The molecule has 18 heavy (non-hydrogen) atoms. The minimum Gasteiger partial charge on any atom is -0.372 e. The summed E-state index contributed by atoms with van der Waals surface area (Å²) < 4.78 is 6.17. The molecule has 1 N–H and O–H groups in total. The van der Waals surface area contributed by atoms with Crippen LogP contribution in [-0.4, -0.2) is 30.7 Å². The first-order valence-electron chi connectivity index (χ1n) is 6.58. The first-order chi connectivity index (χ1) is 8.62. The van der Waals surface area contributed by atoms with E-state index in [9.17, 15) is 0 Å². The van der Waals surface area contributed by atoms with Crippen molar-refractivity contribution in [3.8, 4) is 0 Å². The van der Waals surface area contributed by atoms with Crippen LogP contribution in [0.15, 0.2) is 24.3 Å². The van der Waals surface area contributed by atoms with Gasteiger partial charge in [0.25, 0.3) is 0 Å². The van der Waals surface area contributed by atoms with Crippen molar-refractivity contribution in [1.82, 2.24) is 5.32 Å². The lowest BCUT2D eigenvalue weighted by atomic mass is 9.97. The van der Waals surface area contributed by atoms with Gasteiger partial charge in [-0.15, -0.1) is 0 Å². The molecule has 1 unspecified atom stereocenters. The predicted octanol–water partition coefficient (Wildman–Crippen LogP) is 3.03. The summed E-state index contributed by atoms with van der Waals surface area (Å²) in [5.41, 5.74) is 2.80. The highest BCUT2D eigenvalue weighted by molar-refractivity contribution is 7.99. The molecule has 1 heterocycles. The molecule has 3 heteroatoms. The smallest absolute Gasteiger partial charge is 0.0952 e. The Balaban J connectivity index is 1.92. The standard InChI is InChI=1S/C15H23NOS/c1-15(2,18-3)11-16-10-14-13-7-5-4-6-12(13)8-9-17-14/h4-7,14,16H,8-11H2,1-3H3. The van der Waals surface area contributed by atoms with Crippen molar-refractivity contribution in [3.63, 3.8) is 0 Å². The van der Waals surface area contributed by atoms with Gasteiger partial charge in [-0.3, -0.25) is 0 Å². The molecule has 1 aliphatic rings. The van der Waals surface area contributed by atoms with E-state index < -0.39 is 0 Å². The molecule has 0 radical (unpaired) electrons. The molecular weight excluding hydrogens is 242 g/mol. The normalized spacial score (nSPS) is 19.6. The average molecular weight is 265 g/mol. The summed E-state index contributed by atoms with van der Waals surface area (Å²) in [5.74, 6) is 0. The van der Waals surface area contributed by atoms with Crippen LogP contribution in [0.5, 0.6) is 0 Å². The van der Waals surface area contributed by atoms with Crippen molar-refractivity contribution in [2.24, 2.45) is 0 Å². The van der Waals surface area contributed by atoms with Gasteiger partial charge in [-0.25, -0.2) is 0 Å². The minimum atomic E-state index is 0.215. The van der Waals surface area contributed by atoms with Gasteiger partial charge < -0.3 is 10.1 Å². The highest BCUT2D eigenvalue weighted by Gasteiger charge is 2.21. The molecule has 0 saturated heterocycles. The van der Waals surface area contributed by atoms with Gasteiger partial charge in [0.15, 0.2) is 0 Å². The first-order valence-corrected chi connectivity index (χ1v) is 7.80. The third-order valence-electron chi connectivity index (χ3n) is 3.53. The van der Waals surface area contributed by atoms with Gasteiger partial charge in [0, 0.05) is 17.8 Å². The second kappa shape index (κ2) is 6.09. The van der Waals surface area contributed by atoms with Crippen molar-refractivity contribution in [2.75, 3.05) is 26.0 Å². The molecule has 0 bridgehead atoms. The zero-order valence-electron chi connectivity index (χ0n) is 11.5. The number of hydrogen-bond acceptors (Lipinski definition) is 3. The van der Waals surface area contributed by atoms with E-state index in [0.29, 0.717) is 0 Å². The molecule has 1 atom stereocenters. The van der Waals surface area contributed by atoms with Crippen LogP contribution in [0.25, 0.3) is 0 Å². The quantitative estimate of drug-likeness (QED) is 0.884. The lowest BCUT2D eigenvalue weighted by Crippen LogP contribution is -2.36. The maximum Gasteiger partial charge on any atom is 0.0952 e. The predicted molar refractivity (Wildman–Crippen MR) is 79.3 cm³/mol. The second-order valence-corrected chi connectivity index (χ2v) is 6.92. The fraction of sp³-hybridized carbons (Fsp3) is 0.600. The molecule has 2 nitrogen and oxygen atoms in total. The molecule has 0 amide bonds. The molecule has 0 fully saturated rings. The van der Waals surface area contributed by atoms with Gasteiger partial charge in [0.1, 0.15) is 0 Å². The SMILES string of the molecule is CSC(C)(C)CNCC1OCCc2ccccc21. The number of ether oxygens (including phenoxy) is 1. The maximum absolute atomic E-state index is 5.88. The van der Waals surface area contributed by atoms with Crippen molar-refractivity contribution < 1.29 is 4.74 Å². The maximum atomic E-state index is 5.88. The molecule has 1 aliphatic heterocycles. The monoisotopic (exact) mass is 265 g/mol. The van der Waals surface area contributed by atoms with Crippen LogP contribution >= 0.6 is 11.8 Å². The number of thioether (sulfide) groups is 1. The largest absolute Gasteiger partial charge is 0.372 e. The van der Waals surface area contributed by atoms with Crippen molar-refractivity contribution >= 4 is 11.8 Å². The van der Waals surface area contributed by atoms with Crippen LogP contribution in [0, 0.1) is 0 Å². The Morgan fingerprint density at radius 3 is 2.94 bits per heavy atom. The van der Waals surface area contributed by atoms with Crippen LogP contribution in [0.2, 0.25) is 0 Å². The molecule has 100 valence electrons. The first kappa shape index (κ1) is 13.9. The Morgan fingerprint density at radius 1 is 1.39 bits per heavy atom. The van der Waals surface area contributed by atoms with Gasteiger partial charge in [-0.05, 0) is 37.7 Å². The van der Waals surface area contributed by atoms with E-state index >= 15 is 0 Å². The summed E-state index contributed by atoms with van der Waals surface area (Å²) in [6, 6.07) is 8.63. The minimum absolute atomic E-state index is 0.215. The summed E-state index contributed by atoms with van der Waals surface area (Å²) >= 11 is 1.90. The van der Waals surface area contributed by atoms with Crippen molar-refractivity contribution in [3.05, 3.63) is 35.4 Å². The van der Waals surface area contributed by atoms with Gasteiger partial charge in [-0.1, -0.05) is 24.3 Å². The van der Waals surface area contributed by atoms with E-state index in [-0.39, 0.29) is 10.9 Å². The van der Waals surface area contributed by atoms with E-state index in [2.05, 4.69) is 49.7 Å². The van der Waals surface area contributed by atoms with Crippen molar-refractivity contribution in [2.45, 2.75) is 31.1 Å². The molecule has 1 aromatic rings. The van der Waals surface area contributed by atoms with E-state index in [4.69, 9.17) is 4.74 Å². The average Bonchev–Trinajstić information content (AvgIpc) is 2.39. The molecule has 0 aromatic heterocycles. The Labute approximate surface area is 114 Å². The van der Waals surface area contributed by atoms with Crippen LogP contribution in [0.4, 0.5) is 0 Å². The van der Waals surface area contributed by atoms with E-state index in [1.54, 1.807) is 0 Å². The van der Waals surface area contributed by atoms with Crippen molar-refractivity contribution in [1.29, 1.82) is 0 Å². The number of hydrogen-bond donors (Lipinski definition) is 1.